The molecule has 0 aromatic carbocycles. The Balaban J connectivity index is 4.10. The lowest BCUT2D eigenvalue weighted by Crippen LogP contribution is -2.50. The summed E-state index contributed by atoms with van der Waals surface area (Å²) < 4.78 is 4.82. The summed E-state index contributed by atoms with van der Waals surface area (Å²) >= 11 is 0. The molecule has 0 radical (unpaired) electrons. The first-order valence-corrected chi connectivity index (χ1v) is 6.31. The lowest BCUT2D eigenvalue weighted by atomic mass is 9.98. The maximum absolute atomic E-state index is 11.6. The number of methoxy groups -OCH3 is 1. The minimum Gasteiger partial charge on any atom is -0.468 e. The Hall–Kier alpha value is -0.610. The number of nitrogens with one attached hydrogen (secondary N) is 1. The third-order valence-electron chi connectivity index (χ3n) is 3.27. The van der Waals surface area contributed by atoms with E-state index in [9.17, 15) is 4.79 Å². The molecule has 0 aromatic rings. The fourth-order valence-corrected chi connectivity index (χ4v) is 1.56. The molecule has 102 valence electrons. The molecule has 0 bridgehead atoms. The summed E-state index contributed by atoms with van der Waals surface area (Å²) in [5.74, 6) is 0.519. The van der Waals surface area contributed by atoms with Gasteiger partial charge in [0.15, 0.2) is 0 Å². The van der Waals surface area contributed by atoms with Crippen LogP contribution in [-0.4, -0.2) is 50.7 Å². The van der Waals surface area contributed by atoms with Gasteiger partial charge in [-0.2, -0.15) is 0 Å². The zero-order valence-corrected chi connectivity index (χ0v) is 12.2. The lowest BCUT2D eigenvalue weighted by molar-refractivity contribution is -0.148. The highest BCUT2D eigenvalue weighted by Crippen LogP contribution is 2.12. The summed E-state index contributed by atoms with van der Waals surface area (Å²) in [6.45, 7) is 8.28. The average Bonchev–Trinajstić information content (AvgIpc) is 2.32. The van der Waals surface area contributed by atoms with Crippen LogP contribution in [0, 0.1) is 5.92 Å². The summed E-state index contributed by atoms with van der Waals surface area (Å²) in [6, 6.07) is 0. The summed E-state index contributed by atoms with van der Waals surface area (Å²) in [5.41, 5.74) is -0.582. The molecule has 1 N–H and O–H groups in total. The van der Waals surface area contributed by atoms with E-state index in [1.54, 1.807) is 7.05 Å². The van der Waals surface area contributed by atoms with Crippen molar-refractivity contribution in [2.75, 3.05) is 34.3 Å². The molecule has 0 aliphatic heterocycles. The van der Waals surface area contributed by atoms with Gasteiger partial charge in [-0.1, -0.05) is 13.8 Å². The lowest BCUT2D eigenvalue weighted by Gasteiger charge is -2.28. The van der Waals surface area contributed by atoms with Crippen LogP contribution in [0.25, 0.3) is 0 Å². The Morgan fingerprint density at radius 3 is 2.41 bits per heavy atom. The van der Waals surface area contributed by atoms with Crippen molar-refractivity contribution in [3.05, 3.63) is 0 Å². The van der Waals surface area contributed by atoms with Crippen molar-refractivity contribution in [1.29, 1.82) is 0 Å². The number of carbonyl (C=O) groups excluding carboxylic acids is 1. The van der Waals surface area contributed by atoms with Gasteiger partial charge < -0.3 is 15.0 Å². The molecule has 0 amide bonds. The zero-order chi connectivity index (χ0) is 13.5. The van der Waals surface area contributed by atoms with Crippen LogP contribution in [0.4, 0.5) is 0 Å². The largest absolute Gasteiger partial charge is 0.468 e. The van der Waals surface area contributed by atoms with Gasteiger partial charge in [-0.15, -0.1) is 0 Å². The monoisotopic (exact) mass is 244 g/mol. The number of rotatable bonds is 8. The van der Waals surface area contributed by atoms with Gasteiger partial charge in [-0.3, -0.25) is 4.79 Å². The number of hydrogen-bond donors (Lipinski definition) is 1. The second-order valence-electron chi connectivity index (χ2n) is 5.31. The molecule has 0 aromatic heterocycles. The Kier molecular flexibility index (Phi) is 7.39. The van der Waals surface area contributed by atoms with Crippen molar-refractivity contribution in [3.8, 4) is 0 Å². The van der Waals surface area contributed by atoms with Crippen LogP contribution in [0.15, 0.2) is 0 Å². The smallest absolute Gasteiger partial charge is 0.325 e. The number of nitrogens with zero attached hydrogens (tertiary/aromatic N) is 1. The van der Waals surface area contributed by atoms with Crippen LogP contribution < -0.4 is 5.32 Å². The second-order valence-corrected chi connectivity index (χ2v) is 5.31. The van der Waals surface area contributed by atoms with E-state index in [0.717, 1.165) is 19.5 Å². The molecule has 0 saturated heterocycles. The normalized spacial score (nSPS) is 15.1. The van der Waals surface area contributed by atoms with Gasteiger partial charge in [0.25, 0.3) is 0 Å². The molecule has 1 atom stereocenters. The van der Waals surface area contributed by atoms with Gasteiger partial charge in [0.1, 0.15) is 5.54 Å². The van der Waals surface area contributed by atoms with Gasteiger partial charge in [-0.05, 0) is 46.3 Å². The van der Waals surface area contributed by atoms with Crippen LogP contribution >= 0.6 is 0 Å². The van der Waals surface area contributed by atoms with Crippen molar-refractivity contribution in [3.63, 3.8) is 0 Å². The Labute approximate surface area is 106 Å². The predicted molar refractivity (Wildman–Crippen MR) is 71.0 cm³/mol. The molecule has 1 unspecified atom stereocenters. The minimum atomic E-state index is -0.582. The molecule has 4 heteroatoms. The highest BCUT2D eigenvalue weighted by atomic mass is 16.5. The quantitative estimate of drug-likeness (QED) is 0.657. The summed E-state index contributed by atoms with van der Waals surface area (Å²) in [4.78, 5) is 13.9. The molecule has 0 aliphatic rings. The molecule has 0 rings (SSSR count). The van der Waals surface area contributed by atoms with E-state index in [0.29, 0.717) is 5.92 Å². The molecule has 0 spiro atoms. The molecule has 0 saturated carbocycles. The van der Waals surface area contributed by atoms with Crippen LogP contribution in [0.5, 0.6) is 0 Å². The third kappa shape index (κ3) is 6.03. The molecule has 17 heavy (non-hydrogen) atoms. The Morgan fingerprint density at radius 1 is 1.41 bits per heavy atom. The number of ether oxygens (including phenoxy) is 1. The van der Waals surface area contributed by atoms with Crippen LogP contribution in [-0.2, 0) is 9.53 Å². The summed E-state index contributed by atoms with van der Waals surface area (Å²) in [7, 11) is 5.32. The van der Waals surface area contributed by atoms with E-state index in [2.05, 4.69) is 31.1 Å². The average molecular weight is 244 g/mol. The van der Waals surface area contributed by atoms with E-state index in [-0.39, 0.29) is 5.97 Å². The Bertz CT molecular complexity index is 231. The number of hydrogen-bond acceptors (Lipinski definition) is 4. The van der Waals surface area contributed by atoms with Crippen LogP contribution in [0.2, 0.25) is 0 Å². The fraction of sp³-hybridized carbons (Fsp3) is 0.923. The fourth-order valence-electron chi connectivity index (χ4n) is 1.56. The number of carbonyl (C=O) groups is 1. The highest BCUT2D eigenvalue weighted by molar-refractivity contribution is 5.80. The van der Waals surface area contributed by atoms with E-state index in [1.165, 1.54) is 13.5 Å². The van der Waals surface area contributed by atoms with Crippen molar-refractivity contribution < 1.29 is 9.53 Å². The van der Waals surface area contributed by atoms with Crippen LogP contribution in [0.3, 0.4) is 0 Å². The molecular formula is C13H28N2O2. The van der Waals surface area contributed by atoms with Gasteiger partial charge in [-0.25, -0.2) is 0 Å². The third-order valence-corrected chi connectivity index (χ3v) is 3.27. The molecule has 0 fully saturated rings. The van der Waals surface area contributed by atoms with Crippen molar-refractivity contribution in [2.45, 2.75) is 39.2 Å². The van der Waals surface area contributed by atoms with E-state index < -0.39 is 5.54 Å². The van der Waals surface area contributed by atoms with Crippen molar-refractivity contribution >= 4 is 5.97 Å². The highest BCUT2D eigenvalue weighted by Gasteiger charge is 2.32. The van der Waals surface area contributed by atoms with E-state index >= 15 is 0 Å². The van der Waals surface area contributed by atoms with Gasteiger partial charge in [0.05, 0.1) is 7.11 Å². The van der Waals surface area contributed by atoms with E-state index in [4.69, 9.17) is 4.74 Å². The molecule has 0 aliphatic carbocycles. The molecular weight excluding hydrogens is 216 g/mol. The van der Waals surface area contributed by atoms with Gasteiger partial charge >= 0.3 is 5.97 Å². The van der Waals surface area contributed by atoms with Gasteiger partial charge in [0.2, 0.25) is 0 Å². The number of esters is 1. The minimum absolute atomic E-state index is 0.197. The number of likely N-dealkylation sites (N-methyl/N-ethyl adjacent to an activating group) is 1. The molecule has 0 heterocycles. The van der Waals surface area contributed by atoms with Crippen LogP contribution in [0.1, 0.15) is 33.6 Å². The first-order valence-electron chi connectivity index (χ1n) is 6.31. The summed E-state index contributed by atoms with van der Waals surface area (Å²) in [5, 5.41) is 3.05. The zero-order valence-electron chi connectivity index (χ0n) is 12.2. The SMILES string of the molecule is CNC(C)(CCN(C)CCC(C)C)C(=O)OC. The predicted octanol–water partition coefficient (Wildman–Crippen LogP) is 1.51. The second kappa shape index (κ2) is 7.67. The van der Waals surface area contributed by atoms with E-state index in [1.807, 2.05) is 6.92 Å². The standard InChI is InChI=1S/C13H28N2O2/c1-11(2)7-9-15(5)10-8-13(3,14-4)12(16)17-6/h11,14H,7-10H2,1-6H3. The first-order chi connectivity index (χ1) is 7.85. The van der Waals surface area contributed by atoms with Crippen molar-refractivity contribution in [2.24, 2.45) is 5.92 Å². The van der Waals surface area contributed by atoms with Gasteiger partial charge in [0, 0.05) is 6.54 Å². The molecule has 4 nitrogen and oxygen atoms in total. The van der Waals surface area contributed by atoms with Crippen molar-refractivity contribution in [1.82, 2.24) is 10.2 Å². The maximum atomic E-state index is 11.6. The summed E-state index contributed by atoms with van der Waals surface area (Å²) in [6.07, 6.45) is 1.94. The Morgan fingerprint density at radius 2 is 2.00 bits per heavy atom. The topological polar surface area (TPSA) is 41.6 Å². The maximum Gasteiger partial charge on any atom is 0.325 e. The first kappa shape index (κ1) is 16.4.